The molecule has 0 saturated carbocycles. The molecule has 0 radical (unpaired) electrons. The molecule has 0 bridgehead atoms. The van der Waals surface area contributed by atoms with Gasteiger partial charge in [-0.05, 0) is 54.5 Å². The Morgan fingerprint density at radius 2 is 0.793 bits per heavy atom. The van der Waals surface area contributed by atoms with Gasteiger partial charge in [0.1, 0.15) is 21.6 Å². The van der Waals surface area contributed by atoms with E-state index in [1.165, 1.54) is 15.9 Å². The summed E-state index contributed by atoms with van der Waals surface area (Å²) in [7, 11) is -2.14. The third kappa shape index (κ3) is 4.15. The third-order valence-electron chi connectivity index (χ3n) is 4.70. The largest absolute Gasteiger partial charge is 0.190 e. The fraction of sp³-hybridized carbons (Fsp3) is 0. The number of hydrogen-bond donors (Lipinski definition) is 0. The maximum absolute atomic E-state index is 3.64. The van der Waals surface area contributed by atoms with E-state index in [2.05, 4.69) is 114 Å². The van der Waals surface area contributed by atoms with Crippen molar-refractivity contribution >= 4 is 23.2 Å². The molecule has 29 heavy (non-hydrogen) atoms. The lowest BCUT2D eigenvalue weighted by atomic mass is 10.2. The molecule has 4 rings (SSSR count). The van der Waals surface area contributed by atoms with E-state index in [1.807, 2.05) is 30.3 Å². The van der Waals surface area contributed by atoms with Crippen LogP contribution in [0.5, 0.6) is 0 Å². The van der Waals surface area contributed by atoms with Gasteiger partial charge in [0.25, 0.3) is 0 Å². The molecule has 136 valence electrons. The van der Waals surface area contributed by atoms with Gasteiger partial charge in [0.15, 0.2) is 7.26 Å². The third-order valence-corrected chi connectivity index (χ3v) is 8.36. The van der Waals surface area contributed by atoms with Crippen LogP contribution in [-0.2, 0) is 0 Å². The first-order valence-electron chi connectivity index (χ1n) is 9.54. The molecule has 0 aliphatic rings. The van der Waals surface area contributed by atoms with Crippen molar-refractivity contribution in [1.82, 2.24) is 0 Å². The Morgan fingerprint density at radius 1 is 0.414 bits per heavy atom. The Balaban J connectivity index is 1.92. The van der Waals surface area contributed by atoms with Crippen molar-refractivity contribution in [3.8, 4) is 23.4 Å². The van der Waals surface area contributed by atoms with E-state index in [0.29, 0.717) is 0 Å². The first-order valence-corrected chi connectivity index (χ1v) is 11.3. The van der Waals surface area contributed by atoms with Crippen LogP contribution in [0.15, 0.2) is 121 Å². The van der Waals surface area contributed by atoms with Crippen LogP contribution in [0.3, 0.4) is 0 Å². The average molecular weight is 387 g/mol. The topological polar surface area (TPSA) is 0 Å². The second-order valence-electron chi connectivity index (χ2n) is 6.53. The minimum atomic E-state index is -2.14. The standard InChI is InChI=1S/C28H20P/c1-5-15-25(16-6-1)17-13-14-24-29(26-18-7-2-8-19-26,27-20-9-3-10-21-27)28-22-11-4-12-23-28/h1-12,15-16,18-23H/q+1. The van der Waals surface area contributed by atoms with E-state index >= 15 is 0 Å². The van der Waals surface area contributed by atoms with Gasteiger partial charge in [0.05, 0.1) is 0 Å². The minimum Gasteiger partial charge on any atom is -0.0622 e. The fourth-order valence-electron chi connectivity index (χ4n) is 3.33. The molecular weight excluding hydrogens is 367 g/mol. The normalized spacial score (nSPS) is 10.2. The van der Waals surface area contributed by atoms with Gasteiger partial charge in [-0.25, -0.2) is 0 Å². The van der Waals surface area contributed by atoms with Crippen LogP contribution in [-0.4, -0.2) is 0 Å². The van der Waals surface area contributed by atoms with Gasteiger partial charge in [-0.3, -0.25) is 0 Å². The second kappa shape index (κ2) is 9.08. The highest BCUT2D eigenvalue weighted by Gasteiger charge is 2.44. The summed E-state index contributed by atoms with van der Waals surface area (Å²) in [5, 5.41) is 3.73. The van der Waals surface area contributed by atoms with Gasteiger partial charge in [-0.2, -0.15) is 0 Å². The van der Waals surface area contributed by atoms with Crippen LogP contribution in [0.1, 0.15) is 5.56 Å². The van der Waals surface area contributed by atoms with Crippen LogP contribution in [0, 0.1) is 23.4 Å². The number of benzene rings is 4. The Morgan fingerprint density at radius 3 is 1.21 bits per heavy atom. The summed E-state index contributed by atoms with van der Waals surface area (Å²) in [6, 6.07) is 41.8. The Kier molecular flexibility index (Phi) is 5.88. The summed E-state index contributed by atoms with van der Waals surface area (Å²) in [4.78, 5) is 0. The molecule has 4 aromatic rings. The number of rotatable bonds is 3. The fourth-order valence-corrected chi connectivity index (χ4v) is 6.70. The van der Waals surface area contributed by atoms with E-state index in [0.717, 1.165) is 5.56 Å². The second-order valence-corrected chi connectivity index (χ2v) is 9.64. The van der Waals surface area contributed by atoms with E-state index in [4.69, 9.17) is 0 Å². The molecular formula is C28H20P+. The zero-order valence-electron chi connectivity index (χ0n) is 16.0. The first-order chi connectivity index (χ1) is 14.4. The molecule has 0 fully saturated rings. The predicted octanol–water partition coefficient (Wildman–Crippen LogP) is 4.99. The van der Waals surface area contributed by atoms with Gasteiger partial charge in [0.2, 0.25) is 0 Å². The molecule has 0 N–H and O–H groups in total. The summed E-state index contributed by atoms with van der Waals surface area (Å²) in [6.45, 7) is 0. The molecule has 0 atom stereocenters. The van der Waals surface area contributed by atoms with Crippen molar-refractivity contribution in [1.29, 1.82) is 0 Å². The SMILES string of the molecule is C(C#C[P+](c1ccccc1)(c1ccccc1)c1ccccc1)#Cc1ccccc1. The van der Waals surface area contributed by atoms with E-state index in [1.54, 1.807) is 0 Å². The lowest BCUT2D eigenvalue weighted by Crippen LogP contribution is -2.29. The van der Waals surface area contributed by atoms with Crippen molar-refractivity contribution in [3.05, 3.63) is 127 Å². The van der Waals surface area contributed by atoms with E-state index in [-0.39, 0.29) is 0 Å². The van der Waals surface area contributed by atoms with Crippen molar-refractivity contribution in [2.75, 3.05) is 0 Å². The van der Waals surface area contributed by atoms with Gasteiger partial charge in [-0.15, -0.1) is 0 Å². The van der Waals surface area contributed by atoms with Crippen LogP contribution in [0.2, 0.25) is 0 Å². The Labute approximate surface area is 173 Å². The highest BCUT2D eigenvalue weighted by molar-refractivity contribution is 7.99. The maximum atomic E-state index is 3.64. The lowest BCUT2D eigenvalue weighted by Gasteiger charge is -2.20. The molecule has 0 aromatic heterocycles. The van der Waals surface area contributed by atoms with Crippen molar-refractivity contribution in [3.63, 3.8) is 0 Å². The van der Waals surface area contributed by atoms with Crippen molar-refractivity contribution < 1.29 is 0 Å². The maximum Gasteiger partial charge on any atom is 0.190 e. The molecule has 0 heterocycles. The van der Waals surface area contributed by atoms with Gasteiger partial charge in [-0.1, -0.05) is 78.7 Å². The van der Waals surface area contributed by atoms with Gasteiger partial charge < -0.3 is 0 Å². The monoisotopic (exact) mass is 387 g/mol. The quantitative estimate of drug-likeness (QED) is 0.343. The average Bonchev–Trinajstić information content (AvgIpc) is 2.82. The summed E-state index contributed by atoms with van der Waals surface area (Å²) in [5.74, 6) is 9.46. The van der Waals surface area contributed by atoms with Crippen LogP contribution in [0.25, 0.3) is 0 Å². The highest BCUT2D eigenvalue weighted by Crippen LogP contribution is 2.54. The zero-order chi connectivity index (χ0) is 19.8. The molecule has 0 amide bonds. The molecule has 0 unspecified atom stereocenters. The van der Waals surface area contributed by atoms with Crippen molar-refractivity contribution in [2.24, 2.45) is 0 Å². The molecule has 0 aliphatic carbocycles. The molecule has 0 aliphatic heterocycles. The summed E-state index contributed by atoms with van der Waals surface area (Å²) < 4.78 is 0. The molecule has 4 aromatic carbocycles. The summed E-state index contributed by atoms with van der Waals surface area (Å²) in [6.07, 6.45) is 0. The first kappa shape index (κ1) is 18.8. The highest BCUT2D eigenvalue weighted by atomic mass is 31.2. The van der Waals surface area contributed by atoms with Crippen LogP contribution >= 0.6 is 7.26 Å². The smallest absolute Gasteiger partial charge is 0.0622 e. The molecule has 1 heteroatoms. The van der Waals surface area contributed by atoms with Gasteiger partial charge >= 0.3 is 0 Å². The Hall–Kier alpha value is -3.57. The van der Waals surface area contributed by atoms with Crippen LogP contribution in [0.4, 0.5) is 0 Å². The van der Waals surface area contributed by atoms with Crippen LogP contribution < -0.4 is 15.9 Å². The molecule has 0 nitrogen and oxygen atoms in total. The number of hydrogen-bond acceptors (Lipinski definition) is 0. The van der Waals surface area contributed by atoms with Gasteiger partial charge in [0, 0.05) is 11.5 Å². The molecule has 0 saturated heterocycles. The zero-order valence-corrected chi connectivity index (χ0v) is 16.9. The molecule has 0 spiro atoms. The van der Waals surface area contributed by atoms with E-state index < -0.39 is 7.26 Å². The predicted molar refractivity (Wildman–Crippen MR) is 126 cm³/mol. The van der Waals surface area contributed by atoms with E-state index in [9.17, 15) is 0 Å². The van der Waals surface area contributed by atoms with Crippen molar-refractivity contribution in [2.45, 2.75) is 0 Å². The summed E-state index contributed by atoms with van der Waals surface area (Å²) >= 11 is 0. The minimum absolute atomic E-state index is 0.977. The lowest BCUT2D eigenvalue weighted by molar-refractivity contribution is 1.65. The summed E-state index contributed by atoms with van der Waals surface area (Å²) in [5.41, 5.74) is 4.62. The Bertz CT molecular complexity index is 1080.